The fourth-order valence-electron chi connectivity index (χ4n) is 2.81. The molecular weight excluding hydrogens is 352 g/mol. The van der Waals surface area contributed by atoms with Crippen LogP contribution in [0.3, 0.4) is 0 Å². The van der Waals surface area contributed by atoms with Crippen molar-refractivity contribution in [3.05, 3.63) is 59.5 Å². The van der Waals surface area contributed by atoms with Crippen molar-refractivity contribution in [2.45, 2.75) is 46.1 Å². The Morgan fingerprint density at radius 3 is 2.64 bits per heavy atom. The number of hydrogen-bond donors (Lipinski definition) is 3. The fourth-order valence-corrected chi connectivity index (χ4v) is 2.81. The highest BCUT2D eigenvalue weighted by molar-refractivity contribution is 5.92. The zero-order valence-electron chi connectivity index (χ0n) is 17.1. The summed E-state index contributed by atoms with van der Waals surface area (Å²) in [6.07, 6.45) is 4.36. The van der Waals surface area contributed by atoms with Gasteiger partial charge in [0.2, 0.25) is 0 Å². The maximum Gasteiger partial charge on any atom is 0.287 e. The number of furan rings is 1. The minimum absolute atomic E-state index is 0.175. The number of benzene rings is 1. The van der Waals surface area contributed by atoms with Crippen LogP contribution in [0.1, 0.15) is 48.4 Å². The van der Waals surface area contributed by atoms with Gasteiger partial charge in [-0.3, -0.25) is 9.79 Å². The molecule has 1 atom stereocenters. The lowest BCUT2D eigenvalue weighted by atomic mass is 10.1. The van der Waals surface area contributed by atoms with E-state index in [9.17, 15) is 4.79 Å². The van der Waals surface area contributed by atoms with Crippen LogP contribution in [0.15, 0.2) is 52.1 Å². The Labute approximate surface area is 167 Å². The van der Waals surface area contributed by atoms with Crippen LogP contribution in [0.2, 0.25) is 0 Å². The van der Waals surface area contributed by atoms with Gasteiger partial charge in [0.25, 0.3) is 5.91 Å². The topological polar surface area (TPSA) is 78.7 Å². The molecular formula is C22H32N4O2. The molecule has 2 rings (SSSR count). The summed E-state index contributed by atoms with van der Waals surface area (Å²) in [4.78, 5) is 16.6. The van der Waals surface area contributed by atoms with Crippen LogP contribution >= 0.6 is 0 Å². The second-order valence-electron chi connectivity index (χ2n) is 6.87. The molecule has 0 bridgehead atoms. The smallest absolute Gasteiger partial charge is 0.287 e. The van der Waals surface area contributed by atoms with Crippen LogP contribution in [0.5, 0.6) is 0 Å². The summed E-state index contributed by atoms with van der Waals surface area (Å²) in [5, 5.41) is 9.60. The lowest BCUT2D eigenvalue weighted by Crippen LogP contribution is -2.42. The molecule has 1 aromatic carbocycles. The predicted molar refractivity (Wildman–Crippen MR) is 114 cm³/mol. The highest BCUT2D eigenvalue weighted by atomic mass is 16.3. The van der Waals surface area contributed by atoms with Gasteiger partial charge in [-0.2, -0.15) is 0 Å². The molecule has 1 unspecified atom stereocenters. The van der Waals surface area contributed by atoms with Crippen molar-refractivity contribution < 1.29 is 9.21 Å². The van der Waals surface area contributed by atoms with Gasteiger partial charge in [0.1, 0.15) is 0 Å². The van der Waals surface area contributed by atoms with Gasteiger partial charge in [0.15, 0.2) is 11.7 Å². The third kappa shape index (κ3) is 7.47. The van der Waals surface area contributed by atoms with E-state index >= 15 is 0 Å². The number of amides is 1. The third-order valence-corrected chi connectivity index (χ3v) is 4.39. The van der Waals surface area contributed by atoms with Crippen molar-refractivity contribution in [2.24, 2.45) is 4.99 Å². The molecule has 1 amide bonds. The van der Waals surface area contributed by atoms with Gasteiger partial charge in [0, 0.05) is 31.2 Å². The summed E-state index contributed by atoms with van der Waals surface area (Å²) in [6.45, 7) is 8.09. The maximum atomic E-state index is 12.0. The number of nitrogens with one attached hydrogen (secondary N) is 3. The van der Waals surface area contributed by atoms with Crippen molar-refractivity contribution in [2.75, 3.05) is 19.6 Å². The summed E-state index contributed by atoms with van der Waals surface area (Å²) in [5.41, 5.74) is 2.19. The lowest BCUT2D eigenvalue weighted by Gasteiger charge is -2.18. The van der Waals surface area contributed by atoms with E-state index in [1.807, 2.05) is 13.0 Å². The van der Waals surface area contributed by atoms with Gasteiger partial charge < -0.3 is 20.4 Å². The van der Waals surface area contributed by atoms with Gasteiger partial charge in [0.05, 0.1) is 6.26 Å². The second-order valence-corrected chi connectivity index (χ2v) is 6.87. The highest BCUT2D eigenvalue weighted by Crippen LogP contribution is 2.08. The Bertz CT molecular complexity index is 740. The van der Waals surface area contributed by atoms with Crippen molar-refractivity contribution in [1.29, 1.82) is 0 Å². The van der Waals surface area contributed by atoms with E-state index in [0.29, 0.717) is 24.9 Å². The number of hydrogen-bond acceptors (Lipinski definition) is 3. The standard InChI is InChI=1S/C22H32N4O2/c1-4-23-22(26-18(3)11-12-19-9-6-5-7-10-19)25-15-8-14-24-21(27)20-17(2)13-16-28-20/h5-7,9-10,13,16,18H,4,8,11-12,14-15H2,1-3H3,(H,24,27)(H2,23,25,26). The fraction of sp³-hybridized carbons (Fsp3) is 0.455. The quantitative estimate of drug-likeness (QED) is 0.334. The Kier molecular flexibility index (Phi) is 9.11. The third-order valence-electron chi connectivity index (χ3n) is 4.39. The predicted octanol–water partition coefficient (Wildman–Crippen LogP) is 3.28. The number of nitrogens with zero attached hydrogens (tertiary/aromatic N) is 1. The summed E-state index contributed by atoms with van der Waals surface area (Å²) in [6, 6.07) is 12.6. The summed E-state index contributed by atoms with van der Waals surface area (Å²) >= 11 is 0. The molecule has 6 heteroatoms. The first-order chi connectivity index (χ1) is 13.6. The molecule has 0 spiro atoms. The van der Waals surface area contributed by atoms with Crippen molar-refractivity contribution in [3.63, 3.8) is 0 Å². The maximum absolute atomic E-state index is 12.0. The van der Waals surface area contributed by atoms with Crippen molar-refractivity contribution >= 4 is 11.9 Å². The lowest BCUT2D eigenvalue weighted by molar-refractivity contribution is 0.0925. The molecule has 3 N–H and O–H groups in total. The number of aryl methyl sites for hydroxylation is 2. The van der Waals surface area contributed by atoms with E-state index in [2.05, 4.69) is 59.1 Å². The molecule has 0 aliphatic rings. The number of carbonyl (C=O) groups excluding carboxylic acids is 1. The van der Waals surface area contributed by atoms with Gasteiger partial charge >= 0.3 is 0 Å². The van der Waals surface area contributed by atoms with Crippen LogP contribution in [0.4, 0.5) is 0 Å². The molecule has 152 valence electrons. The molecule has 0 saturated heterocycles. The minimum Gasteiger partial charge on any atom is -0.459 e. The molecule has 0 aliphatic carbocycles. The zero-order valence-corrected chi connectivity index (χ0v) is 17.1. The molecule has 0 aliphatic heterocycles. The van der Waals surface area contributed by atoms with Gasteiger partial charge in [-0.05, 0) is 51.7 Å². The molecule has 1 aromatic heterocycles. The minimum atomic E-state index is -0.175. The van der Waals surface area contributed by atoms with Gasteiger partial charge in [-0.25, -0.2) is 0 Å². The Morgan fingerprint density at radius 2 is 1.96 bits per heavy atom. The van der Waals surface area contributed by atoms with E-state index in [1.54, 1.807) is 6.07 Å². The number of guanidine groups is 1. The van der Waals surface area contributed by atoms with Crippen LogP contribution in [0.25, 0.3) is 0 Å². The van der Waals surface area contributed by atoms with Crippen molar-refractivity contribution in [1.82, 2.24) is 16.0 Å². The van der Waals surface area contributed by atoms with Gasteiger partial charge in [-0.1, -0.05) is 30.3 Å². The summed E-state index contributed by atoms with van der Waals surface area (Å²) in [7, 11) is 0. The van der Waals surface area contributed by atoms with Crippen LogP contribution in [0, 0.1) is 6.92 Å². The first kappa shape index (κ1) is 21.5. The second kappa shape index (κ2) is 11.8. The number of aliphatic imine (C=N–C) groups is 1. The van der Waals surface area contributed by atoms with Crippen LogP contribution in [-0.4, -0.2) is 37.5 Å². The molecule has 2 aromatic rings. The molecule has 0 saturated carbocycles. The molecule has 0 fully saturated rings. The van der Waals surface area contributed by atoms with E-state index in [1.165, 1.54) is 11.8 Å². The molecule has 28 heavy (non-hydrogen) atoms. The largest absolute Gasteiger partial charge is 0.459 e. The Hall–Kier alpha value is -2.76. The van der Waals surface area contributed by atoms with E-state index < -0.39 is 0 Å². The SMILES string of the molecule is CCNC(=NCCCNC(=O)c1occc1C)NC(C)CCc1ccccc1. The average molecular weight is 385 g/mol. The zero-order chi connectivity index (χ0) is 20.2. The average Bonchev–Trinajstić information content (AvgIpc) is 3.13. The highest BCUT2D eigenvalue weighted by Gasteiger charge is 2.11. The van der Waals surface area contributed by atoms with E-state index in [4.69, 9.17) is 4.42 Å². The van der Waals surface area contributed by atoms with E-state index in [0.717, 1.165) is 37.3 Å². The monoisotopic (exact) mass is 384 g/mol. The summed E-state index contributed by atoms with van der Waals surface area (Å²) < 4.78 is 5.19. The Morgan fingerprint density at radius 1 is 1.18 bits per heavy atom. The first-order valence-corrected chi connectivity index (χ1v) is 10.0. The summed E-state index contributed by atoms with van der Waals surface area (Å²) in [5.74, 6) is 1.02. The number of rotatable bonds is 10. The van der Waals surface area contributed by atoms with Crippen molar-refractivity contribution in [3.8, 4) is 0 Å². The molecule has 6 nitrogen and oxygen atoms in total. The Balaban J connectivity index is 1.70. The van der Waals surface area contributed by atoms with Crippen LogP contribution in [-0.2, 0) is 6.42 Å². The molecule has 1 heterocycles. The normalized spacial score (nSPS) is 12.5. The van der Waals surface area contributed by atoms with Gasteiger partial charge in [-0.15, -0.1) is 0 Å². The molecule has 0 radical (unpaired) electrons. The number of carbonyl (C=O) groups is 1. The van der Waals surface area contributed by atoms with E-state index in [-0.39, 0.29) is 5.91 Å². The van der Waals surface area contributed by atoms with Crippen LogP contribution < -0.4 is 16.0 Å². The first-order valence-electron chi connectivity index (χ1n) is 10.0.